The van der Waals surface area contributed by atoms with Gasteiger partial charge in [-0.2, -0.15) is 0 Å². The fraction of sp³-hybridized carbons (Fsp3) is 0.238. The monoisotopic (exact) mass is 383 g/mol. The number of para-hydroxylation sites is 2. The highest BCUT2D eigenvalue weighted by molar-refractivity contribution is 5.98. The van der Waals surface area contributed by atoms with Crippen LogP contribution in [0.1, 0.15) is 17.0 Å². The predicted molar refractivity (Wildman–Crippen MR) is 98.5 cm³/mol. The van der Waals surface area contributed by atoms with Gasteiger partial charge < -0.3 is 18.8 Å². The number of carbonyl (C=O) groups is 2. The van der Waals surface area contributed by atoms with E-state index in [0.717, 1.165) is 5.39 Å². The molecule has 1 aliphatic rings. The number of likely N-dealkylation sites (tertiary alicyclic amines) is 1. The van der Waals surface area contributed by atoms with Gasteiger partial charge in [0.1, 0.15) is 17.7 Å². The van der Waals surface area contributed by atoms with E-state index in [2.05, 4.69) is 0 Å². The second kappa shape index (κ2) is 7.34. The Hall–Kier alpha value is -3.35. The van der Waals surface area contributed by atoms with Crippen LogP contribution >= 0.6 is 0 Å². The Bertz CT molecular complexity index is 997. The summed E-state index contributed by atoms with van der Waals surface area (Å²) in [6.45, 7) is 0.115. The van der Waals surface area contributed by atoms with Crippen molar-refractivity contribution < 1.29 is 27.9 Å². The molecule has 0 radical (unpaired) electrons. The van der Waals surface area contributed by atoms with Gasteiger partial charge in [-0.3, -0.25) is 4.79 Å². The molecule has 0 aliphatic carbocycles. The van der Waals surface area contributed by atoms with Crippen molar-refractivity contribution in [2.75, 3.05) is 13.7 Å². The zero-order valence-corrected chi connectivity index (χ0v) is 15.1. The Morgan fingerprint density at radius 1 is 1.14 bits per heavy atom. The summed E-state index contributed by atoms with van der Waals surface area (Å²) in [5, 5.41) is 0.791. The van der Waals surface area contributed by atoms with Gasteiger partial charge in [0, 0.05) is 11.8 Å². The van der Waals surface area contributed by atoms with Crippen LogP contribution in [0.4, 0.5) is 4.39 Å². The quantitative estimate of drug-likeness (QED) is 0.646. The van der Waals surface area contributed by atoms with E-state index in [4.69, 9.17) is 13.9 Å². The second-order valence-electron chi connectivity index (χ2n) is 6.55. The normalized spacial score (nSPS) is 19.0. The molecule has 1 aliphatic heterocycles. The zero-order valence-electron chi connectivity index (χ0n) is 15.1. The van der Waals surface area contributed by atoms with Crippen LogP contribution in [0.5, 0.6) is 5.75 Å². The van der Waals surface area contributed by atoms with Gasteiger partial charge in [0.2, 0.25) is 0 Å². The molecule has 2 aromatic carbocycles. The number of hydrogen-bond acceptors (Lipinski definition) is 5. The van der Waals surface area contributed by atoms with Gasteiger partial charge in [0.15, 0.2) is 17.3 Å². The molecule has 0 unspecified atom stereocenters. The first-order chi connectivity index (χ1) is 13.6. The van der Waals surface area contributed by atoms with Crippen LogP contribution in [0.3, 0.4) is 0 Å². The first kappa shape index (κ1) is 18.0. The lowest BCUT2D eigenvalue weighted by Gasteiger charge is -2.21. The zero-order chi connectivity index (χ0) is 19.7. The number of rotatable bonds is 4. The number of nitrogens with zero attached hydrogens (tertiary/aromatic N) is 1. The molecule has 1 amide bonds. The number of methoxy groups -OCH3 is 1. The van der Waals surface area contributed by atoms with Crippen LogP contribution in [0.2, 0.25) is 0 Å². The molecule has 2 heterocycles. The Labute approximate surface area is 160 Å². The van der Waals surface area contributed by atoms with Crippen molar-refractivity contribution in [3.05, 3.63) is 66.2 Å². The first-order valence-electron chi connectivity index (χ1n) is 8.85. The van der Waals surface area contributed by atoms with Gasteiger partial charge in [-0.25, -0.2) is 9.18 Å². The minimum atomic E-state index is -0.831. The Balaban J connectivity index is 1.59. The average Bonchev–Trinajstić information content (AvgIpc) is 3.33. The van der Waals surface area contributed by atoms with Gasteiger partial charge in [0.05, 0.1) is 13.7 Å². The van der Waals surface area contributed by atoms with E-state index in [1.54, 1.807) is 24.3 Å². The Morgan fingerprint density at radius 2 is 1.89 bits per heavy atom. The first-order valence-corrected chi connectivity index (χ1v) is 8.85. The van der Waals surface area contributed by atoms with E-state index in [1.165, 1.54) is 24.1 Å². The van der Waals surface area contributed by atoms with Crippen molar-refractivity contribution in [1.29, 1.82) is 0 Å². The molecule has 1 saturated heterocycles. The van der Waals surface area contributed by atoms with Crippen molar-refractivity contribution in [1.82, 2.24) is 4.90 Å². The molecule has 7 heteroatoms. The second-order valence-corrected chi connectivity index (χ2v) is 6.55. The molecule has 2 atom stereocenters. The number of fused-ring (bicyclic) bond motifs is 1. The third-order valence-electron chi connectivity index (χ3n) is 4.76. The van der Waals surface area contributed by atoms with E-state index in [9.17, 15) is 14.0 Å². The molecule has 28 heavy (non-hydrogen) atoms. The van der Waals surface area contributed by atoms with Crippen molar-refractivity contribution in [3.63, 3.8) is 0 Å². The number of ether oxygens (including phenoxy) is 2. The minimum Gasteiger partial charge on any atom is -0.485 e. The summed E-state index contributed by atoms with van der Waals surface area (Å²) in [6.07, 6.45) is -0.346. The van der Waals surface area contributed by atoms with Gasteiger partial charge in [0.25, 0.3) is 5.91 Å². The molecule has 0 bridgehead atoms. The molecule has 144 valence electrons. The van der Waals surface area contributed by atoms with E-state index < -0.39 is 29.8 Å². The largest absolute Gasteiger partial charge is 0.485 e. The topological polar surface area (TPSA) is 69.0 Å². The number of hydrogen-bond donors (Lipinski definition) is 0. The smallest absolute Gasteiger partial charge is 0.328 e. The van der Waals surface area contributed by atoms with Gasteiger partial charge in [-0.05, 0) is 24.3 Å². The maximum Gasteiger partial charge on any atom is 0.328 e. The fourth-order valence-corrected chi connectivity index (χ4v) is 3.42. The summed E-state index contributed by atoms with van der Waals surface area (Å²) < 4.78 is 30.1. The van der Waals surface area contributed by atoms with E-state index >= 15 is 0 Å². The summed E-state index contributed by atoms with van der Waals surface area (Å²) in [5.41, 5.74) is 0.582. The number of benzene rings is 2. The predicted octanol–water partition coefficient (Wildman–Crippen LogP) is 3.41. The molecule has 1 aromatic heterocycles. The SMILES string of the molecule is COC(=O)[C@H]1C[C@@H](Oc2ccccc2F)CN1C(=O)c1cc2ccccc2o1. The van der Waals surface area contributed by atoms with Crippen molar-refractivity contribution in [2.45, 2.75) is 18.6 Å². The van der Waals surface area contributed by atoms with Gasteiger partial charge >= 0.3 is 5.97 Å². The third kappa shape index (κ3) is 3.31. The maximum atomic E-state index is 13.9. The summed E-state index contributed by atoms with van der Waals surface area (Å²) >= 11 is 0. The Kier molecular flexibility index (Phi) is 4.73. The number of furan rings is 1. The lowest BCUT2D eigenvalue weighted by Crippen LogP contribution is -2.41. The third-order valence-corrected chi connectivity index (χ3v) is 4.76. The summed E-state index contributed by atoms with van der Waals surface area (Å²) in [7, 11) is 1.26. The molecule has 1 fully saturated rings. The van der Waals surface area contributed by atoms with E-state index in [-0.39, 0.29) is 24.5 Å². The van der Waals surface area contributed by atoms with Crippen molar-refractivity contribution >= 4 is 22.8 Å². The van der Waals surface area contributed by atoms with Crippen LogP contribution in [0, 0.1) is 5.82 Å². The molecule has 3 aromatic rings. The lowest BCUT2D eigenvalue weighted by molar-refractivity contribution is -0.145. The van der Waals surface area contributed by atoms with Crippen LogP contribution < -0.4 is 4.74 Å². The lowest BCUT2D eigenvalue weighted by atomic mass is 10.2. The maximum absolute atomic E-state index is 13.9. The van der Waals surface area contributed by atoms with Gasteiger partial charge in [-0.1, -0.05) is 30.3 Å². The van der Waals surface area contributed by atoms with Crippen molar-refractivity contribution in [3.8, 4) is 5.75 Å². The molecular formula is C21H18FNO5. The molecular weight excluding hydrogens is 365 g/mol. The van der Waals surface area contributed by atoms with E-state index in [0.29, 0.717) is 5.58 Å². The van der Waals surface area contributed by atoms with Crippen LogP contribution in [-0.4, -0.2) is 42.6 Å². The number of halogens is 1. The van der Waals surface area contributed by atoms with Crippen LogP contribution in [-0.2, 0) is 9.53 Å². The number of amides is 1. The summed E-state index contributed by atoms with van der Waals surface area (Å²) in [5.74, 6) is -1.29. The molecule has 4 rings (SSSR count). The summed E-state index contributed by atoms with van der Waals surface area (Å²) in [4.78, 5) is 26.6. The number of carbonyl (C=O) groups excluding carboxylic acids is 2. The number of esters is 1. The highest BCUT2D eigenvalue weighted by Crippen LogP contribution is 2.28. The Morgan fingerprint density at radius 3 is 2.64 bits per heavy atom. The summed E-state index contributed by atoms with van der Waals surface area (Å²) in [6, 6.07) is 14.1. The van der Waals surface area contributed by atoms with E-state index in [1.807, 2.05) is 18.2 Å². The highest BCUT2D eigenvalue weighted by Gasteiger charge is 2.42. The average molecular weight is 383 g/mol. The van der Waals surface area contributed by atoms with Crippen molar-refractivity contribution in [2.24, 2.45) is 0 Å². The van der Waals surface area contributed by atoms with Crippen LogP contribution in [0.15, 0.2) is 59.0 Å². The molecule has 0 spiro atoms. The minimum absolute atomic E-state index is 0.0779. The standard InChI is InChI=1S/C21H18FNO5/c1-26-21(25)16-11-14(27-18-9-5-3-7-15(18)22)12-23(16)20(24)19-10-13-6-2-4-8-17(13)28-19/h2-10,14,16H,11-12H2,1H3/t14-,16-/m1/s1. The van der Waals surface area contributed by atoms with Crippen LogP contribution in [0.25, 0.3) is 11.0 Å². The molecule has 6 nitrogen and oxygen atoms in total. The fourth-order valence-electron chi connectivity index (χ4n) is 3.42. The molecule has 0 N–H and O–H groups in total. The van der Waals surface area contributed by atoms with Gasteiger partial charge in [-0.15, -0.1) is 0 Å². The highest BCUT2D eigenvalue weighted by atomic mass is 19.1. The molecule has 0 saturated carbocycles.